The van der Waals surface area contributed by atoms with Crippen LogP contribution in [0.1, 0.15) is 16.7 Å². The summed E-state index contributed by atoms with van der Waals surface area (Å²) >= 11 is 6.31. The summed E-state index contributed by atoms with van der Waals surface area (Å²) in [6.45, 7) is 2.73. The monoisotopic (exact) mass is 304 g/mol. The SMILES string of the molecule is Cc1ccccc1CN(C)c1nccc(/C(N)=N/O)c1Cl. The summed E-state index contributed by atoms with van der Waals surface area (Å²) in [5, 5.41) is 12.1. The number of halogens is 1. The van der Waals surface area contributed by atoms with E-state index >= 15 is 0 Å². The first-order valence-electron chi connectivity index (χ1n) is 6.42. The van der Waals surface area contributed by atoms with Gasteiger partial charge in [0.15, 0.2) is 5.84 Å². The van der Waals surface area contributed by atoms with Crippen molar-refractivity contribution >= 4 is 23.3 Å². The number of benzene rings is 1. The highest BCUT2D eigenvalue weighted by Gasteiger charge is 2.15. The van der Waals surface area contributed by atoms with E-state index < -0.39 is 0 Å². The van der Waals surface area contributed by atoms with Crippen molar-refractivity contribution in [1.82, 2.24) is 4.98 Å². The number of pyridine rings is 1. The second kappa shape index (κ2) is 6.45. The Balaban J connectivity index is 2.32. The van der Waals surface area contributed by atoms with Gasteiger partial charge >= 0.3 is 0 Å². The Morgan fingerprint density at radius 3 is 2.76 bits per heavy atom. The van der Waals surface area contributed by atoms with Crippen LogP contribution in [0.5, 0.6) is 0 Å². The van der Waals surface area contributed by atoms with Crippen molar-refractivity contribution in [2.45, 2.75) is 13.5 Å². The number of nitrogens with two attached hydrogens (primary N) is 1. The predicted molar refractivity (Wildman–Crippen MR) is 85.0 cm³/mol. The summed E-state index contributed by atoms with van der Waals surface area (Å²) in [7, 11) is 1.90. The zero-order valence-electron chi connectivity index (χ0n) is 11.9. The third kappa shape index (κ3) is 3.25. The summed E-state index contributed by atoms with van der Waals surface area (Å²) in [6.07, 6.45) is 1.59. The molecule has 3 N–H and O–H groups in total. The lowest BCUT2D eigenvalue weighted by molar-refractivity contribution is 0.318. The van der Waals surface area contributed by atoms with E-state index in [1.807, 2.05) is 24.1 Å². The van der Waals surface area contributed by atoms with Gasteiger partial charge in [-0.25, -0.2) is 4.98 Å². The summed E-state index contributed by atoms with van der Waals surface area (Å²) in [4.78, 5) is 6.21. The van der Waals surface area contributed by atoms with E-state index in [2.05, 4.69) is 29.2 Å². The minimum Gasteiger partial charge on any atom is -0.409 e. The van der Waals surface area contributed by atoms with Crippen LogP contribution in [0.2, 0.25) is 5.02 Å². The third-order valence-corrected chi connectivity index (χ3v) is 3.66. The lowest BCUT2D eigenvalue weighted by Crippen LogP contribution is -2.21. The molecule has 1 heterocycles. The molecule has 6 heteroatoms. The van der Waals surface area contributed by atoms with Crippen LogP contribution in [0, 0.1) is 6.92 Å². The van der Waals surface area contributed by atoms with Gasteiger partial charge < -0.3 is 15.8 Å². The largest absolute Gasteiger partial charge is 0.409 e. The Morgan fingerprint density at radius 1 is 1.38 bits per heavy atom. The van der Waals surface area contributed by atoms with Gasteiger partial charge in [0.25, 0.3) is 0 Å². The molecule has 0 unspecified atom stereocenters. The van der Waals surface area contributed by atoms with Crippen molar-refractivity contribution in [2.24, 2.45) is 10.9 Å². The van der Waals surface area contributed by atoms with Gasteiger partial charge in [0.05, 0.1) is 5.02 Å². The molecule has 0 saturated carbocycles. The molecule has 0 bridgehead atoms. The molecular weight excluding hydrogens is 288 g/mol. The maximum absolute atomic E-state index is 8.78. The normalized spacial score (nSPS) is 11.5. The lowest BCUT2D eigenvalue weighted by Gasteiger charge is -2.21. The number of nitrogens with zero attached hydrogens (tertiary/aromatic N) is 3. The zero-order valence-corrected chi connectivity index (χ0v) is 12.7. The van der Waals surface area contributed by atoms with E-state index in [0.717, 1.165) is 0 Å². The summed E-state index contributed by atoms with van der Waals surface area (Å²) < 4.78 is 0. The Labute approximate surface area is 128 Å². The maximum Gasteiger partial charge on any atom is 0.171 e. The van der Waals surface area contributed by atoms with Crippen molar-refractivity contribution in [1.29, 1.82) is 0 Å². The van der Waals surface area contributed by atoms with Gasteiger partial charge in [0.2, 0.25) is 0 Å². The molecule has 0 atom stereocenters. The quantitative estimate of drug-likeness (QED) is 0.394. The fourth-order valence-electron chi connectivity index (χ4n) is 2.07. The van der Waals surface area contributed by atoms with E-state index in [4.69, 9.17) is 22.5 Å². The number of amidine groups is 1. The van der Waals surface area contributed by atoms with Crippen molar-refractivity contribution in [2.75, 3.05) is 11.9 Å². The highest BCUT2D eigenvalue weighted by atomic mass is 35.5. The van der Waals surface area contributed by atoms with Crippen LogP contribution < -0.4 is 10.6 Å². The van der Waals surface area contributed by atoms with E-state index in [1.165, 1.54) is 11.1 Å². The number of rotatable bonds is 4. The van der Waals surface area contributed by atoms with Crippen LogP contribution in [-0.2, 0) is 6.54 Å². The molecule has 2 rings (SSSR count). The van der Waals surface area contributed by atoms with E-state index in [9.17, 15) is 0 Å². The molecule has 0 radical (unpaired) electrons. The molecule has 0 saturated heterocycles. The lowest BCUT2D eigenvalue weighted by atomic mass is 10.1. The topological polar surface area (TPSA) is 74.7 Å². The van der Waals surface area contributed by atoms with Gasteiger partial charge in [-0.3, -0.25) is 0 Å². The number of aromatic nitrogens is 1. The van der Waals surface area contributed by atoms with Gasteiger partial charge in [-0.05, 0) is 24.1 Å². The molecular formula is C15H17ClN4O. The van der Waals surface area contributed by atoms with Crippen molar-refractivity contribution < 1.29 is 5.21 Å². The van der Waals surface area contributed by atoms with Crippen LogP contribution in [-0.4, -0.2) is 23.1 Å². The smallest absolute Gasteiger partial charge is 0.171 e. The molecule has 0 amide bonds. The number of oxime groups is 1. The Morgan fingerprint density at radius 2 is 2.10 bits per heavy atom. The number of aryl methyl sites for hydroxylation is 1. The number of anilines is 1. The predicted octanol–water partition coefficient (Wildman–Crippen LogP) is 2.77. The first-order valence-corrected chi connectivity index (χ1v) is 6.80. The molecule has 2 aromatic rings. The summed E-state index contributed by atoms with van der Waals surface area (Å²) in [6, 6.07) is 9.74. The fourth-order valence-corrected chi connectivity index (χ4v) is 2.42. The Bertz CT molecular complexity index is 672. The molecule has 1 aromatic carbocycles. The minimum absolute atomic E-state index is 0.0343. The summed E-state index contributed by atoms with van der Waals surface area (Å²) in [5.74, 6) is 0.553. The highest BCUT2D eigenvalue weighted by Crippen LogP contribution is 2.27. The summed E-state index contributed by atoms with van der Waals surface area (Å²) in [5.41, 5.74) is 8.46. The van der Waals surface area contributed by atoms with Crippen LogP contribution in [0.4, 0.5) is 5.82 Å². The molecule has 110 valence electrons. The minimum atomic E-state index is -0.0343. The van der Waals surface area contributed by atoms with E-state index in [1.54, 1.807) is 12.3 Å². The first-order chi connectivity index (χ1) is 10.0. The van der Waals surface area contributed by atoms with Crippen molar-refractivity contribution in [3.8, 4) is 0 Å². The van der Waals surface area contributed by atoms with Crippen LogP contribution in [0.15, 0.2) is 41.7 Å². The maximum atomic E-state index is 8.78. The molecule has 0 aliphatic carbocycles. The van der Waals surface area contributed by atoms with E-state index in [0.29, 0.717) is 22.9 Å². The molecule has 0 aliphatic rings. The Hall–Kier alpha value is -2.27. The van der Waals surface area contributed by atoms with Gasteiger partial charge in [-0.2, -0.15) is 0 Å². The molecule has 1 aromatic heterocycles. The van der Waals surface area contributed by atoms with Gasteiger partial charge in [0, 0.05) is 25.4 Å². The molecule has 0 fully saturated rings. The third-order valence-electron chi connectivity index (χ3n) is 3.28. The second-order valence-corrected chi connectivity index (χ2v) is 5.14. The van der Waals surface area contributed by atoms with Gasteiger partial charge in [-0.15, -0.1) is 0 Å². The molecule has 0 spiro atoms. The number of hydrogen-bond donors (Lipinski definition) is 2. The molecule has 0 aliphatic heterocycles. The standard InChI is InChI=1S/C15H17ClN4O/c1-10-5-3-4-6-11(10)9-20(2)15-13(16)12(7-8-18-15)14(17)19-21/h3-8,21H,9H2,1-2H3,(H2,17,19). The average Bonchev–Trinajstić information content (AvgIpc) is 2.49. The Kier molecular flexibility index (Phi) is 4.65. The highest BCUT2D eigenvalue weighted by molar-refractivity contribution is 6.36. The van der Waals surface area contributed by atoms with Gasteiger partial charge in [0.1, 0.15) is 5.82 Å². The average molecular weight is 305 g/mol. The molecule has 21 heavy (non-hydrogen) atoms. The van der Waals surface area contributed by atoms with E-state index in [-0.39, 0.29) is 5.84 Å². The van der Waals surface area contributed by atoms with Crippen molar-refractivity contribution in [3.05, 3.63) is 58.2 Å². The second-order valence-electron chi connectivity index (χ2n) is 4.76. The molecule has 5 nitrogen and oxygen atoms in total. The number of hydrogen-bond acceptors (Lipinski definition) is 4. The van der Waals surface area contributed by atoms with Crippen LogP contribution in [0.3, 0.4) is 0 Å². The van der Waals surface area contributed by atoms with Crippen LogP contribution in [0.25, 0.3) is 0 Å². The fraction of sp³-hybridized carbons (Fsp3) is 0.200. The zero-order chi connectivity index (χ0) is 15.4. The van der Waals surface area contributed by atoms with Crippen molar-refractivity contribution in [3.63, 3.8) is 0 Å². The van der Waals surface area contributed by atoms with Crippen LogP contribution >= 0.6 is 11.6 Å². The van der Waals surface area contributed by atoms with Gasteiger partial charge in [-0.1, -0.05) is 41.0 Å². The first kappa shape index (κ1) is 15.1.